The zero-order valence-electron chi connectivity index (χ0n) is 17.4. The Balaban J connectivity index is 1.54. The van der Waals surface area contributed by atoms with Crippen molar-refractivity contribution in [3.8, 4) is 6.07 Å². The molecular weight excluding hydrogens is 412 g/mol. The number of carbonyl (C=O) groups excluding carboxylic acids is 1. The molecule has 2 aliphatic heterocycles. The molecule has 1 atom stereocenters. The van der Waals surface area contributed by atoms with E-state index in [1.165, 1.54) is 16.4 Å². The number of carbonyl (C=O) groups is 1. The van der Waals surface area contributed by atoms with E-state index in [1.807, 2.05) is 41.3 Å². The Hall–Kier alpha value is -2.73. The van der Waals surface area contributed by atoms with Crippen LogP contribution >= 0.6 is 0 Å². The van der Waals surface area contributed by atoms with Crippen LogP contribution in [-0.2, 0) is 14.8 Å². The van der Waals surface area contributed by atoms with Gasteiger partial charge in [0.05, 0.1) is 10.5 Å². The summed E-state index contributed by atoms with van der Waals surface area (Å²) in [7, 11) is -3.77. The average Bonchev–Trinajstić information content (AvgIpc) is 3.35. The maximum atomic E-state index is 13.3. The molecule has 0 radical (unpaired) electrons. The van der Waals surface area contributed by atoms with Gasteiger partial charge in [-0.15, -0.1) is 0 Å². The molecule has 2 heterocycles. The van der Waals surface area contributed by atoms with Gasteiger partial charge in [-0.1, -0.05) is 42.5 Å². The smallest absolute Gasteiger partial charge is 0.244 e. The van der Waals surface area contributed by atoms with E-state index in [2.05, 4.69) is 4.90 Å². The van der Waals surface area contributed by atoms with E-state index < -0.39 is 16.1 Å². The molecule has 2 aromatic carbocycles. The van der Waals surface area contributed by atoms with Crippen molar-refractivity contribution in [2.75, 3.05) is 39.3 Å². The topological polar surface area (TPSA) is 84.7 Å². The normalized spacial score (nSPS) is 19.1. The summed E-state index contributed by atoms with van der Waals surface area (Å²) in [5, 5.41) is 9.30. The van der Waals surface area contributed by atoms with Crippen LogP contribution in [0.4, 0.5) is 0 Å². The number of piperazine rings is 1. The van der Waals surface area contributed by atoms with Gasteiger partial charge in [0.1, 0.15) is 12.1 Å². The average molecular weight is 439 g/mol. The summed E-state index contributed by atoms with van der Waals surface area (Å²) in [6.07, 6.45) is 2.05. The van der Waals surface area contributed by atoms with Crippen molar-refractivity contribution in [1.29, 1.82) is 5.26 Å². The fourth-order valence-corrected chi connectivity index (χ4v) is 5.94. The van der Waals surface area contributed by atoms with E-state index in [0.717, 1.165) is 31.5 Å². The summed E-state index contributed by atoms with van der Waals surface area (Å²) >= 11 is 0. The first-order chi connectivity index (χ1) is 15.0. The van der Waals surface area contributed by atoms with Crippen LogP contribution in [0.5, 0.6) is 0 Å². The highest BCUT2D eigenvalue weighted by atomic mass is 32.2. The summed E-state index contributed by atoms with van der Waals surface area (Å²) in [4.78, 5) is 17.4. The molecule has 4 rings (SSSR count). The quantitative estimate of drug-likeness (QED) is 0.715. The van der Waals surface area contributed by atoms with Crippen LogP contribution in [0.1, 0.15) is 30.0 Å². The minimum absolute atomic E-state index is 0.0405. The van der Waals surface area contributed by atoms with Crippen molar-refractivity contribution >= 4 is 15.9 Å². The third-order valence-corrected chi connectivity index (χ3v) is 7.99. The highest BCUT2D eigenvalue weighted by Crippen LogP contribution is 2.28. The third kappa shape index (κ3) is 4.35. The number of nitriles is 1. The number of rotatable bonds is 5. The van der Waals surface area contributed by atoms with Gasteiger partial charge < -0.3 is 4.90 Å². The lowest BCUT2D eigenvalue weighted by atomic mass is 10.0. The molecular formula is C23H26N4O3S. The highest BCUT2D eigenvalue weighted by molar-refractivity contribution is 7.89. The van der Waals surface area contributed by atoms with Gasteiger partial charge in [0.2, 0.25) is 15.9 Å². The largest absolute Gasteiger partial charge is 0.341 e. The van der Waals surface area contributed by atoms with Crippen LogP contribution in [-0.4, -0.2) is 67.7 Å². The van der Waals surface area contributed by atoms with E-state index in [9.17, 15) is 18.5 Å². The van der Waals surface area contributed by atoms with Crippen molar-refractivity contribution in [3.05, 3.63) is 65.7 Å². The first-order valence-corrected chi connectivity index (χ1v) is 12.0. The molecule has 0 aliphatic carbocycles. The molecule has 0 unspecified atom stereocenters. The molecule has 0 saturated carbocycles. The molecule has 31 heavy (non-hydrogen) atoms. The number of likely N-dealkylation sites (tertiary alicyclic amines) is 1. The van der Waals surface area contributed by atoms with Crippen molar-refractivity contribution in [2.45, 2.75) is 23.8 Å². The Kier molecular flexibility index (Phi) is 6.37. The van der Waals surface area contributed by atoms with Gasteiger partial charge in [0.25, 0.3) is 0 Å². The van der Waals surface area contributed by atoms with Crippen molar-refractivity contribution in [1.82, 2.24) is 14.1 Å². The minimum atomic E-state index is -3.77. The Labute approximate surface area is 183 Å². The summed E-state index contributed by atoms with van der Waals surface area (Å²) in [6, 6.07) is 17.6. The SMILES string of the molecule is N#Cc1ccccc1S(=O)(=O)N1CCN([C@H](C(=O)N2CCCC2)c2ccccc2)CC1. The van der Waals surface area contributed by atoms with E-state index in [-0.39, 0.29) is 29.5 Å². The second-order valence-electron chi connectivity index (χ2n) is 7.89. The van der Waals surface area contributed by atoms with Crippen LogP contribution < -0.4 is 0 Å². The lowest BCUT2D eigenvalue weighted by Gasteiger charge is -2.39. The summed E-state index contributed by atoms with van der Waals surface area (Å²) < 4.78 is 27.7. The Morgan fingerprint density at radius 3 is 2.13 bits per heavy atom. The van der Waals surface area contributed by atoms with Crippen LogP contribution in [0.3, 0.4) is 0 Å². The van der Waals surface area contributed by atoms with E-state index >= 15 is 0 Å². The highest BCUT2D eigenvalue weighted by Gasteiger charge is 2.37. The zero-order chi connectivity index (χ0) is 21.8. The van der Waals surface area contributed by atoms with Crippen molar-refractivity contribution in [2.24, 2.45) is 0 Å². The molecule has 0 bridgehead atoms. The molecule has 162 valence electrons. The fraction of sp³-hybridized carbons (Fsp3) is 0.391. The maximum Gasteiger partial charge on any atom is 0.244 e. The zero-order valence-corrected chi connectivity index (χ0v) is 18.2. The van der Waals surface area contributed by atoms with Gasteiger partial charge in [-0.2, -0.15) is 9.57 Å². The number of benzene rings is 2. The molecule has 7 nitrogen and oxygen atoms in total. The molecule has 2 fully saturated rings. The van der Waals surface area contributed by atoms with Gasteiger partial charge in [-0.25, -0.2) is 8.42 Å². The van der Waals surface area contributed by atoms with E-state index in [0.29, 0.717) is 13.1 Å². The number of nitrogens with zero attached hydrogens (tertiary/aromatic N) is 4. The molecule has 0 aromatic heterocycles. The first kappa shape index (κ1) is 21.5. The second-order valence-corrected chi connectivity index (χ2v) is 9.80. The fourth-order valence-electron chi connectivity index (χ4n) is 4.38. The number of hydrogen-bond donors (Lipinski definition) is 0. The van der Waals surface area contributed by atoms with Gasteiger partial charge in [0, 0.05) is 39.3 Å². The number of hydrogen-bond acceptors (Lipinski definition) is 5. The molecule has 8 heteroatoms. The lowest BCUT2D eigenvalue weighted by Crippen LogP contribution is -2.52. The molecule has 2 aliphatic rings. The summed E-state index contributed by atoms with van der Waals surface area (Å²) in [6.45, 7) is 3.01. The standard InChI is InChI=1S/C23H26N4O3S/c24-18-20-10-4-5-11-21(20)31(29,30)27-16-14-25(15-17-27)22(19-8-2-1-3-9-19)23(28)26-12-6-7-13-26/h1-5,8-11,22H,6-7,12-17H2/t22-/m0/s1. The molecule has 2 saturated heterocycles. The van der Waals surface area contributed by atoms with Crippen molar-refractivity contribution in [3.63, 3.8) is 0 Å². The molecule has 0 spiro atoms. The number of amides is 1. The van der Waals surface area contributed by atoms with Crippen LogP contribution in [0.15, 0.2) is 59.5 Å². The Morgan fingerprint density at radius 1 is 0.871 bits per heavy atom. The molecule has 1 amide bonds. The minimum Gasteiger partial charge on any atom is -0.341 e. The second kappa shape index (κ2) is 9.18. The summed E-state index contributed by atoms with van der Waals surface area (Å²) in [5.74, 6) is 0.0924. The van der Waals surface area contributed by atoms with Crippen LogP contribution in [0, 0.1) is 11.3 Å². The molecule has 2 aromatic rings. The maximum absolute atomic E-state index is 13.3. The lowest BCUT2D eigenvalue weighted by molar-refractivity contribution is -0.136. The van der Waals surface area contributed by atoms with Gasteiger partial charge >= 0.3 is 0 Å². The van der Waals surface area contributed by atoms with Crippen LogP contribution in [0.25, 0.3) is 0 Å². The van der Waals surface area contributed by atoms with Gasteiger partial charge in [-0.05, 0) is 30.5 Å². The van der Waals surface area contributed by atoms with Gasteiger partial charge in [0.15, 0.2) is 0 Å². The van der Waals surface area contributed by atoms with E-state index in [1.54, 1.807) is 12.1 Å². The first-order valence-electron chi connectivity index (χ1n) is 10.6. The predicted molar refractivity (Wildman–Crippen MR) is 116 cm³/mol. The van der Waals surface area contributed by atoms with Gasteiger partial charge in [-0.3, -0.25) is 9.69 Å². The Morgan fingerprint density at radius 2 is 1.48 bits per heavy atom. The third-order valence-electron chi connectivity index (χ3n) is 6.03. The van der Waals surface area contributed by atoms with E-state index in [4.69, 9.17) is 0 Å². The predicted octanol–water partition coefficient (Wildman–Crippen LogP) is 2.23. The Bertz CT molecular complexity index is 1070. The van der Waals surface area contributed by atoms with Crippen molar-refractivity contribution < 1.29 is 13.2 Å². The summed E-state index contributed by atoms with van der Waals surface area (Å²) in [5.41, 5.74) is 1.09. The number of sulfonamides is 1. The van der Waals surface area contributed by atoms with Crippen LogP contribution in [0.2, 0.25) is 0 Å². The molecule has 0 N–H and O–H groups in total. The monoisotopic (exact) mass is 438 g/mol.